The van der Waals surface area contributed by atoms with Crippen LogP contribution in [0.25, 0.3) is 0 Å². The van der Waals surface area contributed by atoms with Crippen molar-refractivity contribution in [2.75, 3.05) is 18.1 Å². The van der Waals surface area contributed by atoms with Gasteiger partial charge in [-0.25, -0.2) is 0 Å². The topological polar surface area (TPSA) is 43.1 Å². The van der Waals surface area contributed by atoms with Gasteiger partial charge in [0.25, 0.3) is 0 Å². The zero-order valence-electron chi connectivity index (χ0n) is 19.4. The Morgan fingerprint density at radius 3 is 1.89 bits per heavy atom. The van der Waals surface area contributed by atoms with Gasteiger partial charge in [0, 0.05) is 12.1 Å². The molecule has 1 rings (SSSR count). The Balaban J connectivity index is -0.000000168. The summed E-state index contributed by atoms with van der Waals surface area (Å²) in [6.07, 6.45) is 2.40. The predicted octanol–water partition coefficient (Wildman–Crippen LogP) is 8.04. The second kappa shape index (κ2) is 23.9. The van der Waals surface area contributed by atoms with Crippen LogP contribution < -0.4 is 5.73 Å². The Morgan fingerprint density at radius 1 is 1.00 bits per heavy atom. The summed E-state index contributed by atoms with van der Waals surface area (Å²) in [5, 5.41) is 0. The third kappa shape index (κ3) is 19.7. The van der Waals surface area contributed by atoms with E-state index < -0.39 is 11.7 Å². The van der Waals surface area contributed by atoms with Crippen molar-refractivity contribution < 1.29 is 18.0 Å². The van der Waals surface area contributed by atoms with Crippen LogP contribution in [0.4, 0.5) is 18.9 Å². The van der Waals surface area contributed by atoms with Crippen LogP contribution >= 0.6 is 8.58 Å². The van der Waals surface area contributed by atoms with Gasteiger partial charge >= 0.3 is 6.18 Å². The molecule has 0 aliphatic heterocycles. The van der Waals surface area contributed by atoms with Crippen molar-refractivity contribution in [2.24, 2.45) is 0 Å². The van der Waals surface area contributed by atoms with Crippen LogP contribution in [0.5, 0.6) is 0 Å². The molecule has 0 bridgehead atoms. The summed E-state index contributed by atoms with van der Waals surface area (Å²) in [5.41, 5.74) is 5.42. The largest absolute Gasteiger partial charge is 0.418 e. The quantitative estimate of drug-likeness (QED) is 0.217. The number of carbonyl (C=O) groups is 1. The number of carbonyl (C=O) groups excluding carboxylic acids is 1. The number of unbranched alkanes of at least 4 members (excludes halogenated alkanes) is 1. The smallest absolute Gasteiger partial charge is 0.398 e. The van der Waals surface area contributed by atoms with E-state index in [1.165, 1.54) is 18.7 Å². The van der Waals surface area contributed by atoms with E-state index in [4.69, 9.17) is 5.73 Å². The third-order valence-corrected chi connectivity index (χ3v) is 4.50. The van der Waals surface area contributed by atoms with E-state index in [1.54, 1.807) is 19.9 Å². The molecule has 1 aromatic carbocycles. The van der Waals surface area contributed by atoms with Crippen molar-refractivity contribution >= 4 is 20.6 Å². The molecular formula is C22H43F3NOP. The molecule has 0 saturated heterocycles. The molecule has 0 amide bonds. The average Bonchev–Trinajstić information content (AvgIpc) is 2.69. The molecular weight excluding hydrogens is 382 g/mol. The van der Waals surface area contributed by atoms with Crippen molar-refractivity contribution in [3.8, 4) is 0 Å². The number of benzene rings is 1. The first-order valence-corrected chi connectivity index (χ1v) is 11.7. The van der Waals surface area contributed by atoms with Crippen LogP contribution in [-0.2, 0) is 11.0 Å². The van der Waals surface area contributed by atoms with E-state index in [-0.39, 0.29) is 5.69 Å². The van der Waals surface area contributed by atoms with E-state index in [2.05, 4.69) is 6.92 Å². The maximum absolute atomic E-state index is 12.3. The minimum atomic E-state index is -4.36. The third-order valence-electron chi connectivity index (χ3n) is 2.94. The fraction of sp³-hybridized carbons (Fsp3) is 0.682. The number of nitrogen functional groups attached to an aromatic ring is 1. The van der Waals surface area contributed by atoms with Gasteiger partial charge in [0.2, 0.25) is 0 Å². The summed E-state index contributed by atoms with van der Waals surface area (Å²) in [7, 11) is 1.08. The second-order valence-electron chi connectivity index (χ2n) is 5.10. The van der Waals surface area contributed by atoms with Crippen LogP contribution in [0.1, 0.15) is 84.4 Å². The van der Waals surface area contributed by atoms with E-state index in [9.17, 15) is 18.0 Å². The van der Waals surface area contributed by atoms with E-state index in [0.29, 0.717) is 11.1 Å². The molecule has 6 heteroatoms. The van der Waals surface area contributed by atoms with Gasteiger partial charge in [-0.3, -0.25) is 0 Å². The van der Waals surface area contributed by atoms with Crippen molar-refractivity contribution in [3.05, 3.63) is 28.8 Å². The highest BCUT2D eigenvalue weighted by atomic mass is 31.1. The maximum Gasteiger partial charge on any atom is 0.418 e. The van der Waals surface area contributed by atoms with Crippen molar-refractivity contribution in [1.82, 2.24) is 0 Å². The lowest BCUT2D eigenvalue weighted by molar-refractivity contribution is -0.137. The van der Waals surface area contributed by atoms with Gasteiger partial charge in [0.05, 0.1) is 5.56 Å². The summed E-state index contributed by atoms with van der Waals surface area (Å²) < 4.78 is 37.0. The standard InChI is InChI=1S/C9H10F3N.C7H15OP.3C2H6/c1-5-3-6(2)8(13)7(4-5)9(10,11)12;1-2-6-9-7-4-3-5-8;3*1-2/h3-4H,13H2,1-2H3;5,9H,2-4,6-7H2,1H3;3*1-2H3. The van der Waals surface area contributed by atoms with Crippen molar-refractivity contribution in [3.63, 3.8) is 0 Å². The Bertz CT molecular complexity index is 464. The summed E-state index contributed by atoms with van der Waals surface area (Å²) in [4.78, 5) is 9.84. The molecule has 2 N–H and O–H groups in total. The maximum atomic E-state index is 12.3. The first-order valence-electron chi connectivity index (χ1n) is 10.3. The number of hydrogen-bond acceptors (Lipinski definition) is 2. The van der Waals surface area contributed by atoms with Crippen LogP contribution in [0.2, 0.25) is 0 Å². The Hall–Kier alpha value is -1.09. The Labute approximate surface area is 173 Å². The van der Waals surface area contributed by atoms with Gasteiger partial charge in [-0.05, 0) is 44.2 Å². The highest BCUT2D eigenvalue weighted by molar-refractivity contribution is 7.37. The monoisotopic (exact) mass is 425 g/mol. The fourth-order valence-electron chi connectivity index (χ4n) is 1.83. The Kier molecular flexibility index (Phi) is 29.4. The molecule has 0 aliphatic rings. The van der Waals surface area contributed by atoms with Gasteiger partial charge in [-0.15, -0.1) is 8.58 Å². The SMILES string of the molecule is CC.CC.CC.CCCPCCCC=O.Cc1cc(C)c(N)c(C(F)(F)F)c1. The molecule has 1 aromatic rings. The Morgan fingerprint density at radius 2 is 1.50 bits per heavy atom. The highest BCUT2D eigenvalue weighted by Crippen LogP contribution is 2.35. The number of anilines is 1. The molecule has 2 nitrogen and oxygen atoms in total. The highest BCUT2D eigenvalue weighted by Gasteiger charge is 2.33. The van der Waals surface area contributed by atoms with Gasteiger partial charge < -0.3 is 10.5 Å². The number of nitrogens with two attached hydrogens (primary N) is 1. The molecule has 1 unspecified atom stereocenters. The number of alkyl halides is 3. The summed E-state index contributed by atoms with van der Waals surface area (Å²) in [6, 6.07) is 2.69. The van der Waals surface area contributed by atoms with E-state index >= 15 is 0 Å². The van der Waals surface area contributed by atoms with E-state index in [0.717, 1.165) is 33.8 Å². The average molecular weight is 426 g/mol. The first-order chi connectivity index (χ1) is 13.2. The number of aldehydes is 1. The molecule has 1 atom stereocenters. The molecule has 0 heterocycles. The molecule has 0 fully saturated rings. The molecule has 0 spiro atoms. The van der Waals surface area contributed by atoms with Crippen molar-refractivity contribution in [1.29, 1.82) is 0 Å². The van der Waals surface area contributed by atoms with Crippen molar-refractivity contribution in [2.45, 2.75) is 87.8 Å². The number of hydrogen-bond donors (Lipinski definition) is 1. The van der Waals surface area contributed by atoms with Gasteiger partial charge in [0.15, 0.2) is 0 Å². The van der Waals surface area contributed by atoms with Gasteiger partial charge in [0.1, 0.15) is 6.29 Å². The fourth-order valence-corrected chi connectivity index (χ4v) is 2.88. The zero-order chi connectivity index (χ0) is 23.2. The van der Waals surface area contributed by atoms with Crippen LogP contribution in [0.15, 0.2) is 12.1 Å². The van der Waals surface area contributed by atoms with E-state index in [1.807, 2.05) is 41.5 Å². The van der Waals surface area contributed by atoms with Crippen LogP contribution in [0, 0.1) is 13.8 Å². The van der Waals surface area contributed by atoms with Gasteiger partial charge in [-0.2, -0.15) is 13.2 Å². The number of halogens is 3. The lowest BCUT2D eigenvalue weighted by Gasteiger charge is -2.12. The molecule has 0 aliphatic carbocycles. The zero-order valence-corrected chi connectivity index (χ0v) is 20.4. The molecule has 28 heavy (non-hydrogen) atoms. The molecule has 0 radical (unpaired) electrons. The first kappa shape index (κ1) is 34.4. The summed E-state index contributed by atoms with van der Waals surface area (Å²) >= 11 is 0. The number of aryl methyl sites for hydroxylation is 2. The van der Waals surface area contributed by atoms with Crippen LogP contribution in [-0.4, -0.2) is 18.6 Å². The second-order valence-corrected chi connectivity index (χ2v) is 6.60. The summed E-state index contributed by atoms with van der Waals surface area (Å²) in [6.45, 7) is 17.4. The lowest BCUT2D eigenvalue weighted by Crippen LogP contribution is -2.10. The normalized spacial score (nSPS) is 9.57. The molecule has 0 aromatic heterocycles. The molecule has 0 saturated carbocycles. The minimum absolute atomic E-state index is 0.182. The summed E-state index contributed by atoms with van der Waals surface area (Å²) in [5.74, 6) is 0. The lowest BCUT2D eigenvalue weighted by atomic mass is 10.0. The number of rotatable bonds is 6. The predicted molar refractivity (Wildman–Crippen MR) is 123 cm³/mol. The minimum Gasteiger partial charge on any atom is -0.398 e. The van der Waals surface area contributed by atoms with Gasteiger partial charge in [-0.1, -0.05) is 66.5 Å². The molecule has 168 valence electrons. The van der Waals surface area contributed by atoms with Crippen LogP contribution in [0.3, 0.4) is 0 Å².